The molecule has 0 fully saturated rings. The van der Waals surface area contributed by atoms with Crippen LogP contribution in [-0.4, -0.2) is 19.9 Å². The molecule has 0 saturated carbocycles. The number of fused-ring (bicyclic) bond motifs is 1. The lowest BCUT2D eigenvalue weighted by atomic mass is 9.99. The second-order valence-electron chi connectivity index (χ2n) is 4.05. The highest BCUT2D eigenvalue weighted by Gasteiger charge is 2.16. The van der Waals surface area contributed by atoms with Crippen molar-refractivity contribution in [2.75, 3.05) is 0 Å². The summed E-state index contributed by atoms with van der Waals surface area (Å²) in [7, 11) is 0. The zero-order valence-electron chi connectivity index (χ0n) is 9.79. The van der Waals surface area contributed by atoms with Crippen LogP contribution in [0.15, 0.2) is 41.5 Å². The Bertz CT molecular complexity index is 812. The van der Waals surface area contributed by atoms with Gasteiger partial charge in [-0.25, -0.2) is 14.8 Å². The molecule has 3 aromatic rings. The lowest BCUT2D eigenvalue weighted by molar-refractivity contribution is 0.891. The Morgan fingerprint density at radius 3 is 2.63 bits per heavy atom. The number of imidazole rings is 1. The Hall–Kier alpha value is -2.94. The SMILES string of the molecule is N#CC(c1ccc2[nH]c(=O)[nH]c2c1)c1ncccn1. The molecule has 6 nitrogen and oxygen atoms in total. The normalized spacial score (nSPS) is 12.2. The summed E-state index contributed by atoms with van der Waals surface area (Å²) in [5.74, 6) is -0.105. The molecule has 2 aromatic heterocycles. The molecule has 19 heavy (non-hydrogen) atoms. The minimum Gasteiger partial charge on any atom is -0.306 e. The van der Waals surface area contributed by atoms with Gasteiger partial charge in [0.15, 0.2) is 0 Å². The van der Waals surface area contributed by atoms with Gasteiger partial charge in [0, 0.05) is 12.4 Å². The number of hydrogen-bond acceptors (Lipinski definition) is 4. The van der Waals surface area contributed by atoms with E-state index >= 15 is 0 Å². The van der Waals surface area contributed by atoms with Crippen molar-refractivity contribution in [3.63, 3.8) is 0 Å². The molecule has 0 amide bonds. The third kappa shape index (κ3) is 1.98. The van der Waals surface area contributed by atoms with Crippen LogP contribution < -0.4 is 5.69 Å². The van der Waals surface area contributed by atoms with Gasteiger partial charge in [-0.1, -0.05) is 6.07 Å². The van der Waals surface area contributed by atoms with Crippen molar-refractivity contribution < 1.29 is 0 Å². The van der Waals surface area contributed by atoms with Crippen LogP contribution in [0.3, 0.4) is 0 Å². The average Bonchev–Trinajstić information content (AvgIpc) is 2.80. The summed E-state index contributed by atoms with van der Waals surface area (Å²) in [4.78, 5) is 24.7. The Morgan fingerprint density at radius 2 is 1.89 bits per heavy atom. The van der Waals surface area contributed by atoms with E-state index in [-0.39, 0.29) is 5.69 Å². The van der Waals surface area contributed by atoms with E-state index in [9.17, 15) is 10.1 Å². The molecule has 0 radical (unpaired) electrons. The summed E-state index contributed by atoms with van der Waals surface area (Å²) in [5, 5.41) is 9.30. The molecule has 1 aromatic carbocycles. The van der Waals surface area contributed by atoms with Gasteiger partial charge < -0.3 is 9.97 Å². The largest absolute Gasteiger partial charge is 0.323 e. The molecule has 6 heteroatoms. The fourth-order valence-electron chi connectivity index (χ4n) is 1.97. The second kappa shape index (κ2) is 4.38. The molecular formula is C13H9N5O. The van der Waals surface area contributed by atoms with Crippen molar-refractivity contribution in [1.82, 2.24) is 19.9 Å². The molecule has 0 saturated heterocycles. The zero-order valence-corrected chi connectivity index (χ0v) is 9.79. The van der Waals surface area contributed by atoms with Crippen LogP contribution in [0, 0.1) is 11.3 Å². The maximum atomic E-state index is 11.2. The van der Waals surface area contributed by atoms with Crippen LogP contribution in [0.1, 0.15) is 17.3 Å². The fourth-order valence-corrected chi connectivity index (χ4v) is 1.97. The third-order valence-corrected chi connectivity index (χ3v) is 2.85. The van der Waals surface area contributed by atoms with Crippen molar-refractivity contribution in [3.8, 4) is 6.07 Å². The number of aromatic amines is 2. The van der Waals surface area contributed by atoms with Crippen LogP contribution >= 0.6 is 0 Å². The number of nitrogens with zero attached hydrogens (tertiary/aromatic N) is 3. The van der Waals surface area contributed by atoms with Gasteiger partial charge in [0.2, 0.25) is 0 Å². The van der Waals surface area contributed by atoms with Crippen LogP contribution in [0.4, 0.5) is 0 Å². The molecule has 2 N–H and O–H groups in total. The quantitative estimate of drug-likeness (QED) is 0.717. The molecule has 0 bridgehead atoms. The first-order valence-corrected chi connectivity index (χ1v) is 5.66. The maximum Gasteiger partial charge on any atom is 0.323 e. The molecule has 1 unspecified atom stereocenters. The molecule has 0 aliphatic carbocycles. The number of aromatic nitrogens is 4. The van der Waals surface area contributed by atoms with Gasteiger partial charge >= 0.3 is 5.69 Å². The monoisotopic (exact) mass is 251 g/mol. The summed E-state index contributed by atoms with van der Waals surface area (Å²) in [6, 6.07) is 9.19. The van der Waals surface area contributed by atoms with Crippen LogP contribution in [0.25, 0.3) is 11.0 Å². The fraction of sp³-hybridized carbons (Fsp3) is 0.0769. The molecule has 0 spiro atoms. The molecule has 0 aliphatic rings. The lowest BCUT2D eigenvalue weighted by Gasteiger charge is -2.07. The first kappa shape index (κ1) is 11.2. The highest BCUT2D eigenvalue weighted by atomic mass is 16.1. The Balaban J connectivity index is 2.12. The number of nitriles is 1. The van der Waals surface area contributed by atoms with E-state index < -0.39 is 5.92 Å². The van der Waals surface area contributed by atoms with Crippen molar-refractivity contribution in [2.45, 2.75) is 5.92 Å². The predicted molar refractivity (Wildman–Crippen MR) is 68.4 cm³/mol. The van der Waals surface area contributed by atoms with Crippen LogP contribution in [0.2, 0.25) is 0 Å². The van der Waals surface area contributed by atoms with Crippen molar-refractivity contribution in [2.24, 2.45) is 0 Å². The Kier molecular flexibility index (Phi) is 2.58. The van der Waals surface area contributed by atoms with E-state index in [1.165, 1.54) is 0 Å². The number of hydrogen-bond donors (Lipinski definition) is 2. The van der Waals surface area contributed by atoms with Gasteiger partial charge in [-0.2, -0.15) is 5.26 Å². The van der Waals surface area contributed by atoms with Crippen LogP contribution in [-0.2, 0) is 0 Å². The highest BCUT2D eigenvalue weighted by Crippen LogP contribution is 2.22. The molecule has 0 aliphatic heterocycles. The van der Waals surface area contributed by atoms with Crippen molar-refractivity contribution in [3.05, 3.63) is 58.5 Å². The third-order valence-electron chi connectivity index (χ3n) is 2.85. The van der Waals surface area contributed by atoms with E-state index in [2.05, 4.69) is 26.0 Å². The summed E-state index contributed by atoms with van der Waals surface area (Å²) in [6.07, 6.45) is 3.20. The molecular weight excluding hydrogens is 242 g/mol. The summed E-state index contributed by atoms with van der Waals surface area (Å²) < 4.78 is 0. The Morgan fingerprint density at radius 1 is 1.16 bits per heavy atom. The van der Waals surface area contributed by atoms with Crippen molar-refractivity contribution >= 4 is 11.0 Å². The van der Waals surface area contributed by atoms with Gasteiger partial charge in [0.05, 0.1) is 17.1 Å². The second-order valence-corrected chi connectivity index (χ2v) is 4.05. The summed E-state index contributed by atoms with van der Waals surface area (Å²) >= 11 is 0. The standard InChI is InChI=1S/C13H9N5O/c14-7-9(12-15-4-1-5-16-12)8-2-3-10-11(6-8)18-13(19)17-10/h1-6,9H,(H2,17,18,19). The molecule has 92 valence electrons. The van der Waals surface area contributed by atoms with Gasteiger partial charge in [-0.05, 0) is 23.8 Å². The number of H-pyrrole nitrogens is 2. The van der Waals surface area contributed by atoms with E-state index in [1.54, 1.807) is 36.7 Å². The number of nitrogens with one attached hydrogen (secondary N) is 2. The van der Waals surface area contributed by atoms with E-state index in [4.69, 9.17) is 0 Å². The van der Waals surface area contributed by atoms with Crippen molar-refractivity contribution in [1.29, 1.82) is 5.26 Å². The van der Waals surface area contributed by atoms with Gasteiger partial charge in [0.25, 0.3) is 0 Å². The smallest absolute Gasteiger partial charge is 0.306 e. The predicted octanol–water partition coefficient (Wildman–Crippen LogP) is 1.30. The molecule has 1 atom stereocenters. The number of benzene rings is 1. The lowest BCUT2D eigenvalue weighted by Crippen LogP contribution is -2.03. The topological polar surface area (TPSA) is 98.2 Å². The molecule has 2 heterocycles. The minimum atomic E-state index is -0.552. The summed E-state index contributed by atoms with van der Waals surface area (Å²) in [5.41, 5.74) is 1.85. The minimum absolute atomic E-state index is 0.267. The average molecular weight is 251 g/mol. The Labute approximate surface area is 107 Å². The first-order chi connectivity index (χ1) is 9.28. The maximum absolute atomic E-state index is 11.2. The van der Waals surface area contributed by atoms with E-state index in [1.807, 2.05) is 0 Å². The number of rotatable bonds is 2. The summed E-state index contributed by atoms with van der Waals surface area (Å²) in [6.45, 7) is 0. The van der Waals surface area contributed by atoms with Gasteiger partial charge in [-0.15, -0.1) is 0 Å². The molecule has 3 rings (SSSR count). The van der Waals surface area contributed by atoms with E-state index in [0.717, 1.165) is 5.56 Å². The first-order valence-electron chi connectivity index (χ1n) is 5.66. The van der Waals surface area contributed by atoms with Crippen LogP contribution in [0.5, 0.6) is 0 Å². The zero-order chi connectivity index (χ0) is 13.2. The van der Waals surface area contributed by atoms with Gasteiger partial charge in [0.1, 0.15) is 11.7 Å². The van der Waals surface area contributed by atoms with Gasteiger partial charge in [-0.3, -0.25) is 0 Å². The highest BCUT2D eigenvalue weighted by molar-refractivity contribution is 5.75. The van der Waals surface area contributed by atoms with E-state index in [0.29, 0.717) is 16.9 Å².